The lowest BCUT2D eigenvalue weighted by atomic mass is 9.82. The molecule has 5 atom stereocenters. The quantitative estimate of drug-likeness (QED) is 0.568. The second-order valence-electron chi connectivity index (χ2n) is 8.59. The normalized spacial score (nSPS) is 28.0. The summed E-state index contributed by atoms with van der Waals surface area (Å²) in [5.74, 6) is 0.802. The molecule has 148 valence electrons. The Morgan fingerprint density at radius 1 is 1.22 bits per heavy atom. The van der Waals surface area contributed by atoms with Crippen LogP contribution in [0.5, 0.6) is 0 Å². The second-order valence-corrected chi connectivity index (χ2v) is 8.59. The summed E-state index contributed by atoms with van der Waals surface area (Å²) in [6, 6.07) is 7.99. The fraction of sp³-hybridized carbons (Fsp3) is 0.609. The van der Waals surface area contributed by atoms with Crippen LogP contribution >= 0.6 is 0 Å². The summed E-state index contributed by atoms with van der Waals surface area (Å²) in [5.41, 5.74) is 3.52. The molecule has 1 aromatic rings. The van der Waals surface area contributed by atoms with Crippen molar-refractivity contribution in [3.05, 3.63) is 47.0 Å². The molecular weight excluding hydrogens is 338 g/mol. The molecule has 0 aliphatic heterocycles. The van der Waals surface area contributed by atoms with Crippen LogP contribution in [-0.2, 0) is 4.79 Å². The zero-order chi connectivity index (χ0) is 19.6. The highest BCUT2D eigenvalue weighted by Gasteiger charge is 2.47. The van der Waals surface area contributed by atoms with Gasteiger partial charge >= 0.3 is 0 Å². The fourth-order valence-corrected chi connectivity index (χ4v) is 4.80. The topological polar surface area (TPSA) is 60.8 Å². The van der Waals surface area contributed by atoms with Crippen molar-refractivity contribution >= 4 is 5.91 Å². The third kappa shape index (κ3) is 4.61. The maximum Gasteiger partial charge on any atom is 0.222 e. The summed E-state index contributed by atoms with van der Waals surface area (Å²) in [7, 11) is 3.60. The van der Waals surface area contributed by atoms with Crippen molar-refractivity contribution < 1.29 is 15.0 Å². The predicted molar refractivity (Wildman–Crippen MR) is 107 cm³/mol. The predicted octanol–water partition coefficient (Wildman–Crippen LogP) is 3.62. The largest absolute Gasteiger partial charge is 0.393 e. The number of amides is 1. The van der Waals surface area contributed by atoms with E-state index < -0.39 is 12.2 Å². The van der Waals surface area contributed by atoms with Crippen LogP contribution in [0.1, 0.15) is 55.8 Å². The van der Waals surface area contributed by atoms with Crippen molar-refractivity contribution in [2.24, 2.45) is 17.8 Å². The first kappa shape index (κ1) is 20.1. The van der Waals surface area contributed by atoms with E-state index in [1.165, 1.54) is 11.1 Å². The number of rotatable bonds is 7. The molecule has 0 spiro atoms. The van der Waals surface area contributed by atoms with E-state index in [0.717, 1.165) is 37.7 Å². The Labute approximate surface area is 162 Å². The lowest BCUT2D eigenvalue weighted by Crippen LogP contribution is -2.26. The zero-order valence-corrected chi connectivity index (χ0v) is 16.8. The molecule has 0 bridgehead atoms. The van der Waals surface area contributed by atoms with Crippen LogP contribution < -0.4 is 0 Å². The molecule has 2 aliphatic rings. The molecular formula is C23H33NO3. The summed E-state index contributed by atoms with van der Waals surface area (Å²) in [6.07, 6.45) is 6.59. The number of aliphatic hydroxyl groups excluding tert-OH is 2. The number of aryl methyl sites for hydroxylation is 1. The highest BCUT2D eigenvalue weighted by Crippen LogP contribution is 2.51. The van der Waals surface area contributed by atoms with E-state index in [-0.39, 0.29) is 11.8 Å². The number of nitrogens with zero attached hydrogens (tertiary/aromatic N) is 1. The number of unbranched alkanes of at least 4 members (excludes halogenated alkanes) is 1. The van der Waals surface area contributed by atoms with Gasteiger partial charge in [-0.05, 0) is 56.4 Å². The summed E-state index contributed by atoms with van der Waals surface area (Å²) in [6.45, 7) is 2.04. The van der Waals surface area contributed by atoms with Gasteiger partial charge in [-0.15, -0.1) is 0 Å². The average molecular weight is 372 g/mol. The minimum atomic E-state index is -0.610. The molecule has 0 heterocycles. The Kier molecular flexibility index (Phi) is 6.38. The molecule has 1 aromatic carbocycles. The second kappa shape index (κ2) is 8.57. The summed E-state index contributed by atoms with van der Waals surface area (Å²) >= 11 is 0. The van der Waals surface area contributed by atoms with Crippen LogP contribution in [0.2, 0.25) is 0 Å². The van der Waals surface area contributed by atoms with Gasteiger partial charge in [-0.3, -0.25) is 4.79 Å². The Hall–Kier alpha value is -1.65. The molecule has 3 rings (SSSR count). The smallest absolute Gasteiger partial charge is 0.222 e. The highest BCUT2D eigenvalue weighted by atomic mass is 16.3. The van der Waals surface area contributed by atoms with Crippen molar-refractivity contribution in [1.82, 2.24) is 4.90 Å². The van der Waals surface area contributed by atoms with Gasteiger partial charge in [0.15, 0.2) is 0 Å². The highest BCUT2D eigenvalue weighted by molar-refractivity contribution is 5.75. The van der Waals surface area contributed by atoms with Gasteiger partial charge in [0.1, 0.15) is 0 Å². The van der Waals surface area contributed by atoms with Gasteiger partial charge in [0.05, 0.1) is 12.2 Å². The number of fused-ring (bicyclic) bond motifs is 1. The van der Waals surface area contributed by atoms with Crippen molar-refractivity contribution in [2.45, 2.75) is 57.7 Å². The van der Waals surface area contributed by atoms with Gasteiger partial charge in [-0.2, -0.15) is 0 Å². The van der Waals surface area contributed by atoms with Crippen molar-refractivity contribution in [2.75, 3.05) is 14.1 Å². The van der Waals surface area contributed by atoms with Gasteiger partial charge in [-0.1, -0.05) is 41.5 Å². The van der Waals surface area contributed by atoms with Crippen LogP contribution in [-0.4, -0.2) is 41.2 Å². The molecule has 0 unspecified atom stereocenters. The van der Waals surface area contributed by atoms with Gasteiger partial charge < -0.3 is 15.1 Å². The van der Waals surface area contributed by atoms with Gasteiger partial charge in [0.2, 0.25) is 5.91 Å². The third-order valence-corrected chi connectivity index (χ3v) is 6.37. The maximum absolute atomic E-state index is 11.7. The van der Waals surface area contributed by atoms with Crippen LogP contribution in [0.3, 0.4) is 0 Å². The molecule has 0 aromatic heterocycles. The first-order chi connectivity index (χ1) is 12.9. The number of aliphatic hydroxyl groups is 2. The van der Waals surface area contributed by atoms with E-state index in [9.17, 15) is 15.0 Å². The number of allylic oxidation sites excluding steroid dienone is 2. The molecule has 0 saturated heterocycles. The van der Waals surface area contributed by atoms with Crippen molar-refractivity contribution in [3.63, 3.8) is 0 Å². The Balaban J connectivity index is 1.55. The third-order valence-electron chi connectivity index (χ3n) is 6.37. The molecule has 1 amide bonds. The maximum atomic E-state index is 11.7. The van der Waals surface area contributed by atoms with Gasteiger partial charge in [0, 0.05) is 26.4 Å². The van der Waals surface area contributed by atoms with E-state index in [4.69, 9.17) is 0 Å². The Morgan fingerprint density at radius 2 is 1.93 bits per heavy atom. The SMILES string of the molecule is Cc1ccc([C@H](O)[C@@H]2[C@H]3CC(CCCCC(=O)N(C)C)=C[C@H]3C[C@H]2O)cc1. The average Bonchev–Trinajstić information content (AvgIpc) is 3.14. The van der Waals surface area contributed by atoms with Crippen LogP contribution in [0.25, 0.3) is 0 Å². The van der Waals surface area contributed by atoms with Crippen LogP contribution in [0, 0.1) is 24.7 Å². The van der Waals surface area contributed by atoms with Crippen molar-refractivity contribution in [1.29, 1.82) is 0 Å². The molecule has 27 heavy (non-hydrogen) atoms. The Morgan fingerprint density at radius 3 is 2.59 bits per heavy atom. The zero-order valence-electron chi connectivity index (χ0n) is 16.8. The number of benzene rings is 1. The van der Waals surface area contributed by atoms with E-state index in [2.05, 4.69) is 6.08 Å². The summed E-state index contributed by atoms with van der Waals surface area (Å²) in [4.78, 5) is 13.3. The van der Waals surface area contributed by atoms with Crippen LogP contribution in [0.15, 0.2) is 35.9 Å². The summed E-state index contributed by atoms with van der Waals surface area (Å²) < 4.78 is 0. The first-order valence-corrected chi connectivity index (χ1v) is 10.2. The minimum Gasteiger partial charge on any atom is -0.393 e. The molecule has 0 radical (unpaired) electrons. The number of hydrogen-bond acceptors (Lipinski definition) is 3. The monoisotopic (exact) mass is 371 g/mol. The number of carbonyl (C=O) groups is 1. The lowest BCUT2D eigenvalue weighted by Gasteiger charge is -2.27. The Bertz CT molecular complexity index is 679. The molecule has 2 aliphatic carbocycles. The van der Waals surface area contributed by atoms with E-state index in [0.29, 0.717) is 18.3 Å². The molecule has 1 saturated carbocycles. The molecule has 4 heteroatoms. The van der Waals surface area contributed by atoms with Crippen LogP contribution in [0.4, 0.5) is 0 Å². The van der Waals surface area contributed by atoms with Crippen molar-refractivity contribution in [3.8, 4) is 0 Å². The first-order valence-electron chi connectivity index (χ1n) is 10.2. The lowest BCUT2D eigenvalue weighted by molar-refractivity contribution is -0.128. The van der Waals surface area contributed by atoms with E-state index in [1.807, 2.05) is 31.2 Å². The summed E-state index contributed by atoms with van der Waals surface area (Å²) in [5, 5.41) is 21.5. The molecule has 2 N–H and O–H groups in total. The van der Waals surface area contributed by atoms with E-state index in [1.54, 1.807) is 19.0 Å². The fourth-order valence-electron chi connectivity index (χ4n) is 4.80. The van der Waals surface area contributed by atoms with Gasteiger partial charge in [-0.25, -0.2) is 0 Å². The molecule has 4 nitrogen and oxygen atoms in total. The van der Waals surface area contributed by atoms with Gasteiger partial charge in [0.25, 0.3) is 0 Å². The van der Waals surface area contributed by atoms with E-state index >= 15 is 0 Å². The molecule has 1 fully saturated rings. The minimum absolute atomic E-state index is 0.0956. The number of carbonyl (C=O) groups excluding carboxylic acids is 1. The standard InChI is InChI=1S/C23H33NO3/c1-15-8-10-17(11-9-15)23(27)22-19-13-16(12-18(19)14-20(22)25)6-4-5-7-21(26)24(2)3/h8-12,18-20,22-23,25,27H,4-7,13-14H2,1-3H3/t18-,19-,20+,22+,23-/m0/s1. The number of hydrogen-bond donors (Lipinski definition) is 2.